The molecule has 138 valence electrons. The van der Waals surface area contributed by atoms with Crippen LogP contribution in [0.3, 0.4) is 0 Å². The Hall–Kier alpha value is -2.34. The van der Waals surface area contributed by atoms with Crippen LogP contribution < -0.4 is 0 Å². The Kier molecular flexibility index (Phi) is 4.07. The molecule has 27 heavy (non-hydrogen) atoms. The first-order valence-electron chi connectivity index (χ1n) is 10.0. The van der Waals surface area contributed by atoms with E-state index in [1.807, 2.05) is 0 Å². The van der Waals surface area contributed by atoms with E-state index in [1.165, 1.54) is 44.2 Å². The first-order valence-corrected chi connectivity index (χ1v) is 10.0. The van der Waals surface area contributed by atoms with Crippen molar-refractivity contribution in [1.29, 1.82) is 0 Å². The van der Waals surface area contributed by atoms with Gasteiger partial charge in [-0.05, 0) is 67.5 Å². The summed E-state index contributed by atoms with van der Waals surface area (Å²) in [5, 5.41) is 2.69. The van der Waals surface area contributed by atoms with E-state index in [0.717, 1.165) is 6.42 Å². The van der Waals surface area contributed by atoms with Crippen molar-refractivity contribution >= 4 is 22.4 Å². The van der Waals surface area contributed by atoms with Crippen molar-refractivity contribution in [1.82, 2.24) is 0 Å². The van der Waals surface area contributed by atoms with E-state index in [0.29, 0.717) is 0 Å². The molecule has 3 aromatic rings. The lowest BCUT2D eigenvalue weighted by molar-refractivity contribution is 0.568. The van der Waals surface area contributed by atoms with Crippen molar-refractivity contribution in [2.75, 3.05) is 0 Å². The van der Waals surface area contributed by atoms with E-state index in [2.05, 4.69) is 102 Å². The van der Waals surface area contributed by atoms with Crippen LogP contribution in [-0.4, -0.2) is 0 Å². The second kappa shape index (κ2) is 6.09. The molecule has 0 radical (unpaired) electrons. The second-order valence-electron chi connectivity index (χ2n) is 10.0. The van der Waals surface area contributed by atoms with Gasteiger partial charge in [-0.25, -0.2) is 0 Å². The number of allylic oxidation sites excluding steroid dienone is 1. The van der Waals surface area contributed by atoms with Gasteiger partial charge in [0.15, 0.2) is 0 Å². The Labute approximate surface area is 163 Å². The van der Waals surface area contributed by atoms with Gasteiger partial charge in [-0.15, -0.1) is 0 Å². The van der Waals surface area contributed by atoms with Gasteiger partial charge < -0.3 is 0 Å². The number of hydrogen-bond donors (Lipinski definition) is 0. The van der Waals surface area contributed by atoms with E-state index in [9.17, 15) is 0 Å². The molecule has 0 unspecified atom stereocenters. The molecular formula is C27H30. The molecule has 0 atom stereocenters. The zero-order chi connectivity index (χ0) is 19.4. The summed E-state index contributed by atoms with van der Waals surface area (Å²) in [7, 11) is 0. The molecule has 0 aliphatic heterocycles. The highest BCUT2D eigenvalue weighted by Gasteiger charge is 2.23. The summed E-state index contributed by atoms with van der Waals surface area (Å²) in [6.45, 7) is 13.9. The predicted octanol–water partition coefficient (Wildman–Crippen LogP) is 7.53. The minimum atomic E-state index is 0.148. The van der Waals surface area contributed by atoms with Gasteiger partial charge in [-0.2, -0.15) is 0 Å². The van der Waals surface area contributed by atoms with Gasteiger partial charge in [0, 0.05) is 0 Å². The third kappa shape index (κ3) is 3.34. The van der Waals surface area contributed by atoms with Gasteiger partial charge in [-0.1, -0.05) is 96.1 Å². The summed E-state index contributed by atoms with van der Waals surface area (Å²) in [6, 6.07) is 20.5. The Balaban J connectivity index is 1.87. The topological polar surface area (TPSA) is 0 Å². The lowest BCUT2D eigenvalue weighted by Crippen LogP contribution is -2.17. The molecule has 0 bridgehead atoms. The second-order valence-corrected chi connectivity index (χ2v) is 10.0. The monoisotopic (exact) mass is 354 g/mol. The Morgan fingerprint density at radius 2 is 1.33 bits per heavy atom. The quantitative estimate of drug-likeness (QED) is 0.423. The van der Waals surface area contributed by atoms with Gasteiger partial charge >= 0.3 is 0 Å². The zero-order valence-corrected chi connectivity index (χ0v) is 17.5. The van der Waals surface area contributed by atoms with Crippen LogP contribution in [0.2, 0.25) is 0 Å². The fourth-order valence-electron chi connectivity index (χ4n) is 3.96. The van der Waals surface area contributed by atoms with Crippen LogP contribution in [0.4, 0.5) is 0 Å². The normalized spacial score (nSPS) is 14.4. The van der Waals surface area contributed by atoms with E-state index < -0.39 is 0 Å². The third-order valence-corrected chi connectivity index (χ3v) is 5.80. The van der Waals surface area contributed by atoms with Crippen molar-refractivity contribution in [2.24, 2.45) is 0 Å². The smallest absolute Gasteiger partial charge is 0.00134 e. The first kappa shape index (κ1) is 18.0. The molecule has 4 rings (SSSR count). The minimum absolute atomic E-state index is 0.148. The van der Waals surface area contributed by atoms with Gasteiger partial charge in [0.05, 0.1) is 0 Å². The molecule has 0 saturated heterocycles. The molecule has 0 nitrogen and oxygen atoms in total. The van der Waals surface area contributed by atoms with Crippen molar-refractivity contribution in [2.45, 2.75) is 58.8 Å². The summed E-state index contributed by atoms with van der Waals surface area (Å²) in [5.41, 5.74) is 8.82. The summed E-state index contributed by atoms with van der Waals surface area (Å²) in [6.07, 6.45) is 3.45. The maximum absolute atomic E-state index is 2.42. The van der Waals surface area contributed by atoms with E-state index in [1.54, 1.807) is 0 Å². The van der Waals surface area contributed by atoms with Gasteiger partial charge in [0.2, 0.25) is 0 Å². The maximum Gasteiger partial charge on any atom is -0.00134 e. The molecule has 0 amide bonds. The Morgan fingerprint density at radius 1 is 0.704 bits per heavy atom. The third-order valence-electron chi connectivity index (χ3n) is 5.80. The van der Waals surface area contributed by atoms with Crippen molar-refractivity contribution in [3.05, 3.63) is 82.4 Å². The molecule has 1 aliphatic carbocycles. The predicted molar refractivity (Wildman–Crippen MR) is 119 cm³/mol. The van der Waals surface area contributed by atoms with Crippen LogP contribution >= 0.6 is 0 Å². The van der Waals surface area contributed by atoms with E-state index in [4.69, 9.17) is 0 Å². The summed E-state index contributed by atoms with van der Waals surface area (Å²) < 4.78 is 0. The minimum Gasteiger partial charge on any atom is -0.0616 e. The highest BCUT2D eigenvalue weighted by Crippen LogP contribution is 2.39. The molecule has 3 aromatic carbocycles. The molecule has 0 aromatic heterocycles. The average molecular weight is 355 g/mol. The molecular weight excluding hydrogens is 324 g/mol. The van der Waals surface area contributed by atoms with Crippen molar-refractivity contribution in [3.8, 4) is 0 Å². The van der Waals surface area contributed by atoms with Crippen molar-refractivity contribution < 1.29 is 0 Å². The lowest BCUT2D eigenvalue weighted by atomic mass is 9.78. The van der Waals surface area contributed by atoms with Crippen LogP contribution in [0.5, 0.6) is 0 Å². The maximum atomic E-state index is 2.42. The highest BCUT2D eigenvalue weighted by molar-refractivity contribution is 6.00. The van der Waals surface area contributed by atoms with E-state index >= 15 is 0 Å². The van der Waals surface area contributed by atoms with Gasteiger partial charge in [-0.3, -0.25) is 0 Å². The van der Waals surface area contributed by atoms with Crippen LogP contribution in [0.15, 0.2) is 54.6 Å². The van der Waals surface area contributed by atoms with Crippen LogP contribution in [0.25, 0.3) is 22.4 Å². The number of fused-ring (bicyclic) bond motifs is 3. The highest BCUT2D eigenvalue weighted by atomic mass is 14.3. The Bertz CT molecular complexity index is 1020. The number of hydrogen-bond acceptors (Lipinski definition) is 0. The zero-order valence-electron chi connectivity index (χ0n) is 17.5. The standard InChI is InChI=1S/C27H30/c1-26(2,3)22-14-21(15-23(17-22)27(4,5)6)20-13-19-12-11-18-9-7-8-10-24(18)25(19)16-20/h7-12,14-17H,13H2,1-6H3. The molecule has 0 heterocycles. The van der Waals surface area contributed by atoms with Gasteiger partial charge in [0.1, 0.15) is 0 Å². The molecule has 1 aliphatic rings. The largest absolute Gasteiger partial charge is 0.0616 e. The number of benzene rings is 3. The fourth-order valence-corrected chi connectivity index (χ4v) is 3.96. The summed E-state index contributed by atoms with van der Waals surface area (Å²) >= 11 is 0. The first-order chi connectivity index (χ1) is 12.6. The molecule has 0 heteroatoms. The molecule has 0 saturated carbocycles. The van der Waals surface area contributed by atoms with Gasteiger partial charge in [0.25, 0.3) is 0 Å². The van der Waals surface area contributed by atoms with Crippen LogP contribution in [0, 0.1) is 0 Å². The molecule has 0 fully saturated rings. The number of rotatable bonds is 1. The SMILES string of the molecule is CC(C)(C)c1cc(C2=Cc3c(ccc4ccccc34)C2)cc(C(C)(C)C)c1. The molecule has 0 spiro atoms. The fraction of sp³-hybridized carbons (Fsp3) is 0.333. The summed E-state index contributed by atoms with van der Waals surface area (Å²) in [4.78, 5) is 0. The molecule has 0 N–H and O–H groups in total. The van der Waals surface area contributed by atoms with Crippen LogP contribution in [0.1, 0.15) is 69.4 Å². The van der Waals surface area contributed by atoms with E-state index in [-0.39, 0.29) is 10.8 Å². The Morgan fingerprint density at radius 3 is 1.96 bits per heavy atom. The van der Waals surface area contributed by atoms with Crippen molar-refractivity contribution in [3.63, 3.8) is 0 Å². The van der Waals surface area contributed by atoms with Crippen LogP contribution in [-0.2, 0) is 17.3 Å². The summed E-state index contributed by atoms with van der Waals surface area (Å²) in [5.74, 6) is 0. The average Bonchev–Trinajstić information content (AvgIpc) is 3.04. The lowest BCUT2D eigenvalue weighted by Gasteiger charge is -2.26.